The summed E-state index contributed by atoms with van der Waals surface area (Å²) in [5, 5.41) is 12.2. The van der Waals surface area contributed by atoms with Crippen molar-refractivity contribution >= 4 is 40.4 Å². The molecule has 0 atom stereocenters. The van der Waals surface area contributed by atoms with Crippen molar-refractivity contribution in [1.29, 1.82) is 0 Å². The summed E-state index contributed by atoms with van der Waals surface area (Å²) in [5.41, 5.74) is 0.459. The lowest BCUT2D eigenvalue weighted by Crippen LogP contribution is -2.22. The summed E-state index contributed by atoms with van der Waals surface area (Å²) in [6, 6.07) is 8.49. The van der Waals surface area contributed by atoms with Crippen molar-refractivity contribution in [2.45, 2.75) is 6.54 Å². The Labute approximate surface area is 136 Å². The number of nitrogens with one attached hydrogen (secondary N) is 1. The van der Waals surface area contributed by atoms with E-state index in [1.54, 1.807) is 12.1 Å². The largest absolute Gasteiger partial charge is 0.384 e. The van der Waals surface area contributed by atoms with Crippen molar-refractivity contribution in [2.75, 3.05) is 6.61 Å². The minimum atomic E-state index is -0.218. The summed E-state index contributed by atoms with van der Waals surface area (Å²) in [6.45, 7) is 0.242. The summed E-state index contributed by atoms with van der Waals surface area (Å²) in [5.74, 6) is 5.19. The number of aliphatic hydroxyl groups is 1. The van der Waals surface area contributed by atoms with Crippen LogP contribution >= 0.6 is 34.5 Å². The third-order valence-electron chi connectivity index (χ3n) is 2.56. The zero-order valence-electron chi connectivity index (χ0n) is 10.8. The number of halogens is 2. The fourth-order valence-corrected chi connectivity index (χ4v) is 2.69. The molecule has 0 aliphatic carbocycles. The van der Waals surface area contributed by atoms with Gasteiger partial charge in [0.2, 0.25) is 0 Å². The Hall–Kier alpha value is -1.51. The number of rotatable bonds is 3. The van der Waals surface area contributed by atoms with Crippen LogP contribution in [0.2, 0.25) is 10.0 Å². The van der Waals surface area contributed by atoms with Crippen molar-refractivity contribution in [1.82, 2.24) is 5.32 Å². The second kappa shape index (κ2) is 7.48. The molecule has 0 saturated heterocycles. The van der Waals surface area contributed by atoms with E-state index in [1.807, 2.05) is 12.1 Å². The molecule has 0 saturated carbocycles. The topological polar surface area (TPSA) is 49.3 Å². The average Bonchev–Trinajstić information content (AvgIpc) is 2.93. The predicted molar refractivity (Wildman–Crippen MR) is 85.9 cm³/mol. The van der Waals surface area contributed by atoms with Gasteiger partial charge in [0.05, 0.1) is 21.5 Å². The van der Waals surface area contributed by atoms with Gasteiger partial charge in [-0.25, -0.2) is 0 Å². The number of amides is 1. The van der Waals surface area contributed by atoms with E-state index in [0.717, 1.165) is 9.75 Å². The van der Waals surface area contributed by atoms with Gasteiger partial charge in [-0.3, -0.25) is 4.79 Å². The number of hydrogen-bond acceptors (Lipinski definition) is 3. The molecule has 0 fully saturated rings. The van der Waals surface area contributed by atoms with Crippen LogP contribution in [0.5, 0.6) is 0 Å². The van der Waals surface area contributed by atoms with E-state index in [4.69, 9.17) is 28.3 Å². The van der Waals surface area contributed by atoms with Gasteiger partial charge in [0, 0.05) is 10.4 Å². The summed E-state index contributed by atoms with van der Waals surface area (Å²) < 4.78 is 0. The molecule has 0 unspecified atom stereocenters. The Morgan fingerprint density at radius 2 is 2.05 bits per heavy atom. The second-order valence-electron chi connectivity index (χ2n) is 4.04. The molecule has 0 aliphatic heterocycles. The van der Waals surface area contributed by atoms with Gasteiger partial charge in [0.15, 0.2) is 0 Å². The van der Waals surface area contributed by atoms with E-state index in [0.29, 0.717) is 22.2 Å². The molecule has 1 amide bonds. The van der Waals surface area contributed by atoms with Gasteiger partial charge < -0.3 is 10.4 Å². The van der Waals surface area contributed by atoms with Crippen LogP contribution in [-0.2, 0) is 6.54 Å². The molecule has 1 aromatic heterocycles. The molecule has 0 bridgehead atoms. The number of carbonyl (C=O) groups is 1. The molecule has 2 rings (SSSR count). The van der Waals surface area contributed by atoms with E-state index in [9.17, 15) is 4.79 Å². The summed E-state index contributed by atoms with van der Waals surface area (Å²) in [7, 11) is 0. The van der Waals surface area contributed by atoms with E-state index in [2.05, 4.69) is 17.2 Å². The Bertz CT molecular complexity index is 716. The summed E-state index contributed by atoms with van der Waals surface area (Å²) in [6.07, 6.45) is 0. The Balaban J connectivity index is 1.97. The van der Waals surface area contributed by atoms with Gasteiger partial charge >= 0.3 is 0 Å². The Morgan fingerprint density at radius 3 is 2.76 bits per heavy atom. The molecule has 2 aromatic rings. The van der Waals surface area contributed by atoms with Gasteiger partial charge in [0.25, 0.3) is 5.91 Å². The van der Waals surface area contributed by atoms with Crippen molar-refractivity contribution in [3.8, 4) is 11.8 Å². The lowest BCUT2D eigenvalue weighted by Gasteiger charge is -2.04. The van der Waals surface area contributed by atoms with E-state index < -0.39 is 0 Å². The van der Waals surface area contributed by atoms with Crippen LogP contribution in [0.1, 0.15) is 20.1 Å². The molecule has 1 aromatic carbocycles. The molecule has 0 spiro atoms. The second-order valence-corrected chi connectivity index (χ2v) is 6.02. The SMILES string of the molecule is O=C(NCc1ccc(C#CCO)s1)c1ccc(Cl)c(Cl)c1. The maximum atomic E-state index is 12.0. The minimum absolute atomic E-state index is 0.165. The van der Waals surface area contributed by atoms with Crippen LogP contribution in [0.3, 0.4) is 0 Å². The third kappa shape index (κ3) is 4.48. The minimum Gasteiger partial charge on any atom is -0.384 e. The Morgan fingerprint density at radius 1 is 1.24 bits per heavy atom. The highest BCUT2D eigenvalue weighted by Gasteiger charge is 2.08. The van der Waals surface area contributed by atoms with Crippen LogP contribution in [0.4, 0.5) is 0 Å². The number of thiophene rings is 1. The fourth-order valence-electron chi connectivity index (χ4n) is 1.57. The van der Waals surface area contributed by atoms with Crippen LogP contribution in [0.15, 0.2) is 30.3 Å². The molecule has 2 N–H and O–H groups in total. The highest BCUT2D eigenvalue weighted by atomic mass is 35.5. The lowest BCUT2D eigenvalue weighted by molar-refractivity contribution is 0.0951. The highest BCUT2D eigenvalue weighted by molar-refractivity contribution is 7.12. The molecule has 1 heterocycles. The van der Waals surface area contributed by atoms with Crippen molar-refractivity contribution in [3.05, 3.63) is 55.7 Å². The van der Waals surface area contributed by atoms with Crippen LogP contribution in [0, 0.1) is 11.8 Å². The monoisotopic (exact) mass is 339 g/mol. The maximum Gasteiger partial charge on any atom is 0.251 e. The maximum absolute atomic E-state index is 12.0. The average molecular weight is 340 g/mol. The van der Waals surface area contributed by atoms with Gasteiger partial charge in [0.1, 0.15) is 6.61 Å². The molecule has 108 valence electrons. The number of carbonyl (C=O) groups excluding carboxylic acids is 1. The normalized spacial score (nSPS) is 9.86. The van der Waals surface area contributed by atoms with Gasteiger partial charge in [-0.15, -0.1) is 11.3 Å². The van der Waals surface area contributed by atoms with Crippen LogP contribution < -0.4 is 5.32 Å². The predicted octanol–water partition coefficient (Wildman–Crippen LogP) is 3.33. The highest BCUT2D eigenvalue weighted by Crippen LogP contribution is 2.22. The van der Waals surface area contributed by atoms with Crippen molar-refractivity contribution in [3.63, 3.8) is 0 Å². The van der Waals surface area contributed by atoms with Gasteiger partial charge in [-0.05, 0) is 30.3 Å². The van der Waals surface area contributed by atoms with Crippen molar-refractivity contribution in [2.24, 2.45) is 0 Å². The van der Waals surface area contributed by atoms with Gasteiger partial charge in [-0.1, -0.05) is 35.0 Å². The Kier molecular flexibility index (Phi) is 5.66. The first-order valence-corrected chi connectivity index (χ1v) is 7.59. The van der Waals surface area contributed by atoms with Crippen LogP contribution in [-0.4, -0.2) is 17.6 Å². The summed E-state index contributed by atoms with van der Waals surface area (Å²) in [4.78, 5) is 13.8. The zero-order valence-corrected chi connectivity index (χ0v) is 13.1. The van der Waals surface area contributed by atoms with E-state index in [1.165, 1.54) is 17.4 Å². The molecular weight excluding hydrogens is 329 g/mol. The number of hydrogen-bond donors (Lipinski definition) is 2. The molecule has 0 radical (unpaired) electrons. The molecule has 3 nitrogen and oxygen atoms in total. The van der Waals surface area contributed by atoms with E-state index in [-0.39, 0.29) is 12.5 Å². The third-order valence-corrected chi connectivity index (χ3v) is 4.30. The smallest absolute Gasteiger partial charge is 0.251 e. The first-order chi connectivity index (χ1) is 10.1. The summed E-state index contributed by atoms with van der Waals surface area (Å²) >= 11 is 13.2. The standard InChI is InChI=1S/C15H11Cl2NO2S/c16-13-6-3-10(8-14(13)17)15(20)18-9-12-5-4-11(21-12)2-1-7-19/h3-6,8,19H,7,9H2,(H,18,20). The molecule has 6 heteroatoms. The molecule has 21 heavy (non-hydrogen) atoms. The fraction of sp³-hybridized carbons (Fsp3) is 0.133. The first-order valence-electron chi connectivity index (χ1n) is 6.02. The lowest BCUT2D eigenvalue weighted by atomic mass is 10.2. The van der Waals surface area contributed by atoms with Crippen molar-refractivity contribution < 1.29 is 9.90 Å². The first kappa shape index (κ1) is 15.9. The zero-order chi connectivity index (χ0) is 15.2. The number of benzene rings is 1. The van der Waals surface area contributed by atoms with E-state index >= 15 is 0 Å². The van der Waals surface area contributed by atoms with Gasteiger partial charge in [-0.2, -0.15) is 0 Å². The van der Waals surface area contributed by atoms with Crippen LogP contribution in [0.25, 0.3) is 0 Å². The quantitative estimate of drug-likeness (QED) is 0.842. The number of aliphatic hydroxyl groups excluding tert-OH is 1. The molecule has 0 aliphatic rings. The molecular formula is C15H11Cl2NO2S.